The van der Waals surface area contributed by atoms with Crippen LogP contribution in [0.5, 0.6) is 0 Å². The van der Waals surface area contributed by atoms with E-state index in [1.54, 1.807) is 30.3 Å². The summed E-state index contributed by atoms with van der Waals surface area (Å²) in [7, 11) is 0. The average molecular weight is 235 g/mol. The van der Waals surface area contributed by atoms with Gasteiger partial charge in [-0.1, -0.05) is 24.3 Å². The minimum Gasteiger partial charge on any atom is -0.294 e. The Labute approximate surface area is 98.0 Å². The summed E-state index contributed by atoms with van der Waals surface area (Å²) in [5.74, 6) is 4.10. The molecule has 2 amide bonds. The number of rotatable bonds is 4. The first-order valence-corrected chi connectivity index (χ1v) is 4.86. The molecule has 0 spiro atoms. The molecule has 0 fully saturated rings. The lowest BCUT2D eigenvalue weighted by Gasteiger charge is -2.00. The molecule has 1 aromatic rings. The van der Waals surface area contributed by atoms with Crippen LogP contribution in [-0.2, 0) is 16.0 Å². The van der Waals surface area contributed by atoms with Gasteiger partial charge in [0.1, 0.15) is 0 Å². The molecule has 0 aliphatic heterocycles. The Kier molecular flexibility index (Phi) is 4.86. The second-order valence-corrected chi connectivity index (χ2v) is 3.30. The Morgan fingerprint density at radius 3 is 2.47 bits per heavy atom. The van der Waals surface area contributed by atoms with Gasteiger partial charge in [0.25, 0.3) is 5.91 Å². The summed E-state index contributed by atoms with van der Waals surface area (Å²) in [6.45, 7) is 0. The fourth-order valence-electron chi connectivity index (χ4n) is 1.19. The van der Waals surface area contributed by atoms with Gasteiger partial charge in [-0.05, 0) is 17.2 Å². The normalized spacial score (nSPS) is 10.2. The zero-order chi connectivity index (χ0) is 12.7. The number of hydrogen-bond donors (Lipinski definition) is 4. The predicted octanol–water partition coefficient (Wildman–Crippen LogP) is -0.262. The average Bonchev–Trinajstić information content (AvgIpc) is 2.37. The molecule has 0 atom stereocenters. The van der Waals surface area contributed by atoms with Gasteiger partial charge < -0.3 is 0 Å². The molecule has 6 heteroatoms. The van der Waals surface area contributed by atoms with Crippen LogP contribution in [0.1, 0.15) is 11.1 Å². The van der Waals surface area contributed by atoms with Crippen molar-refractivity contribution in [1.29, 1.82) is 0 Å². The lowest BCUT2D eigenvalue weighted by Crippen LogP contribution is -2.31. The summed E-state index contributed by atoms with van der Waals surface area (Å²) in [4.78, 5) is 21.7. The number of carbonyl (C=O) groups excluding carboxylic acids is 2. The van der Waals surface area contributed by atoms with Crippen LogP contribution in [0.2, 0.25) is 0 Å². The number of nitrogens with one attached hydrogen (secondary N) is 2. The van der Waals surface area contributed by atoms with Crippen LogP contribution in [-0.4, -0.2) is 17.0 Å². The zero-order valence-electron chi connectivity index (χ0n) is 9.01. The summed E-state index contributed by atoms with van der Waals surface area (Å²) >= 11 is 0. The van der Waals surface area contributed by atoms with Gasteiger partial charge in [-0.25, -0.2) is 11.3 Å². The van der Waals surface area contributed by atoms with Crippen molar-refractivity contribution in [3.63, 3.8) is 0 Å². The Morgan fingerprint density at radius 2 is 1.94 bits per heavy atom. The van der Waals surface area contributed by atoms with E-state index in [9.17, 15) is 9.59 Å². The van der Waals surface area contributed by atoms with Crippen LogP contribution in [0.4, 0.5) is 0 Å². The molecule has 17 heavy (non-hydrogen) atoms. The van der Waals surface area contributed by atoms with Crippen molar-refractivity contribution in [3.8, 4) is 0 Å². The molecule has 1 aromatic carbocycles. The maximum Gasteiger partial charge on any atom is 0.267 e. The summed E-state index contributed by atoms with van der Waals surface area (Å²) < 4.78 is 0. The molecule has 0 aliphatic rings. The van der Waals surface area contributed by atoms with Crippen molar-refractivity contribution >= 4 is 17.9 Å². The SMILES string of the molecule is NNC(=O)Cc1ccc(/C=C/C(=O)NO)cc1. The van der Waals surface area contributed by atoms with Crippen molar-refractivity contribution in [2.45, 2.75) is 6.42 Å². The molecular formula is C11H13N3O3. The lowest BCUT2D eigenvalue weighted by molar-refractivity contribution is -0.124. The van der Waals surface area contributed by atoms with E-state index in [1.807, 2.05) is 5.43 Å². The maximum atomic E-state index is 11.0. The van der Waals surface area contributed by atoms with Crippen molar-refractivity contribution in [2.75, 3.05) is 0 Å². The molecule has 1 rings (SSSR count). The van der Waals surface area contributed by atoms with E-state index >= 15 is 0 Å². The van der Waals surface area contributed by atoms with E-state index in [0.29, 0.717) is 0 Å². The standard InChI is InChI=1S/C11H13N3O3/c12-13-11(16)7-9-3-1-8(2-4-9)5-6-10(15)14-17/h1-6,17H,7,12H2,(H,13,16)(H,14,15)/b6-5+. The van der Waals surface area contributed by atoms with Crippen LogP contribution < -0.4 is 16.7 Å². The maximum absolute atomic E-state index is 11.0. The second-order valence-electron chi connectivity index (χ2n) is 3.30. The smallest absolute Gasteiger partial charge is 0.267 e. The first kappa shape index (κ1) is 12.9. The molecule has 0 unspecified atom stereocenters. The monoisotopic (exact) mass is 235 g/mol. The predicted molar refractivity (Wildman–Crippen MR) is 61.4 cm³/mol. The molecule has 90 valence electrons. The minimum atomic E-state index is -0.600. The molecule has 0 heterocycles. The van der Waals surface area contributed by atoms with Gasteiger partial charge in [-0.2, -0.15) is 0 Å². The Balaban J connectivity index is 2.65. The second kappa shape index (κ2) is 6.41. The summed E-state index contributed by atoms with van der Waals surface area (Å²) in [6, 6.07) is 7.01. The highest BCUT2D eigenvalue weighted by atomic mass is 16.5. The summed E-state index contributed by atoms with van der Waals surface area (Å²) in [6.07, 6.45) is 2.94. The van der Waals surface area contributed by atoms with Crippen molar-refractivity contribution in [1.82, 2.24) is 10.9 Å². The van der Waals surface area contributed by atoms with E-state index in [2.05, 4.69) is 0 Å². The van der Waals surface area contributed by atoms with Crippen LogP contribution in [0.3, 0.4) is 0 Å². The van der Waals surface area contributed by atoms with E-state index in [0.717, 1.165) is 11.1 Å². The molecule has 0 saturated heterocycles. The molecular weight excluding hydrogens is 222 g/mol. The molecule has 0 bridgehead atoms. The molecule has 0 aromatic heterocycles. The van der Waals surface area contributed by atoms with Gasteiger partial charge in [-0.15, -0.1) is 0 Å². The number of amides is 2. The van der Waals surface area contributed by atoms with Gasteiger partial charge in [0.15, 0.2) is 0 Å². The Bertz CT molecular complexity index is 426. The number of hydrogen-bond acceptors (Lipinski definition) is 4. The topological polar surface area (TPSA) is 104 Å². The molecule has 5 N–H and O–H groups in total. The number of carbonyl (C=O) groups is 2. The number of nitrogens with two attached hydrogens (primary N) is 1. The molecule has 0 saturated carbocycles. The Morgan fingerprint density at radius 1 is 1.29 bits per heavy atom. The summed E-state index contributed by atoms with van der Waals surface area (Å²) in [5.41, 5.74) is 5.13. The summed E-state index contributed by atoms with van der Waals surface area (Å²) in [5, 5.41) is 8.28. The number of hydrazine groups is 1. The van der Waals surface area contributed by atoms with E-state index in [4.69, 9.17) is 11.0 Å². The van der Waals surface area contributed by atoms with Gasteiger partial charge in [0.05, 0.1) is 6.42 Å². The van der Waals surface area contributed by atoms with Crippen LogP contribution in [0.15, 0.2) is 30.3 Å². The van der Waals surface area contributed by atoms with Crippen LogP contribution in [0, 0.1) is 0 Å². The molecule has 0 aliphatic carbocycles. The molecule has 6 nitrogen and oxygen atoms in total. The highest BCUT2D eigenvalue weighted by Gasteiger charge is 2.00. The van der Waals surface area contributed by atoms with Gasteiger partial charge in [0, 0.05) is 6.08 Å². The van der Waals surface area contributed by atoms with Gasteiger partial charge in [0.2, 0.25) is 5.91 Å². The fourth-order valence-corrected chi connectivity index (χ4v) is 1.19. The first-order valence-electron chi connectivity index (χ1n) is 4.86. The lowest BCUT2D eigenvalue weighted by atomic mass is 10.1. The van der Waals surface area contributed by atoms with Crippen LogP contribution >= 0.6 is 0 Å². The van der Waals surface area contributed by atoms with E-state index in [1.165, 1.54) is 11.6 Å². The largest absolute Gasteiger partial charge is 0.294 e. The van der Waals surface area contributed by atoms with Crippen LogP contribution in [0.25, 0.3) is 6.08 Å². The van der Waals surface area contributed by atoms with Crippen molar-refractivity contribution < 1.29 is 14.8 Å². The van der Waals surface area contributed by atoms with Crippen molar-refractivity contribution in [2.24, 2.45) is 5.84 Å². The van der Waals surface area contributed by atoms with Gasteiger partial charge >= 0.3 is 0 Å². The zero-order valence-corrected chi connectivity index (χ0v) is 9.01. The van der Waals surface area contributed by atoms with Gasteiger partial charge in [-0.3, -0.25) is 20.2 Å². The number of benzene rings is 1. The van der Waals surface area contributed by atoms with E-state index < -0.39 is 5.91 Å². The number of hydroxylamine groups is 1. The van der Waals surface area contributed by atoms with Crippen molar-refractivity contribution in [3.05, 3.63) is 41.5 Å². The van der Waals surface area contributed by atoms with E-state index in [-0.39, 0.29) is 12.3 Å². The quantitative estimate of drug-likeness (QED) is 0.190. The highest BCUT2D eigenvalue weighted by Crippen LogP contribution is 2.06. The highest BCUT2D eigenvalue weighted by molar-refractivity contribution is 5.90. The molecule has 0 radical (unpaired) electrons. The third-order valence-electron chi connectivity index (χ3n) is 2.04. The Hall–Kier alpha value is -2.18. The third kappa shape index (κ3) is 4.45. The fraction of sp³-hybridized carbons (Fsp3) is 0.0909. The first-order chi connectivity index (χ1) is 8.15. The minimum absolute atomic E-state index is 0.206. The third-order valence-corrected chi connectivity index (χ3v) is 2.04.